The molecule has 0 amide bonds. The van der Waals surface area contributed by atoms with Crippen LogP contribution in [-0.2, 0) is 38.3 Å². The van der Waals surface area contributed by atoms with E-state index in [1.807, 2.05) is 0 Å². The van der Waals surface area contributed by atoms with E-state index in [4.69, 9.17) is 23.5 Å². The molecule has 0 aromatic heterocycles. The van der Waals surface area contributed by atoms with Gasteiger partial charge in [0, 0.05) is 13.0 Å². The number of rotatable bonds is 42. The number of ether oxygens (including phenoxy) is 4. The molecule has 0 radical (unpaired) electrons. The zero-order valence-electron chi connectivity index (χ0n) is 36.9. The molecular weight excluding hydrogens is 765 g/mol. The highest BCUT2D eigenvalue weighted by Gasteiger charge is 2.48. The van der Waals surface area contributed by atoms with E-state index in [1.54, 1.807) is 0 Å². The standard InChI is InChI=1S/C45H88O12S/c1-3-5-7-9-11-13-15-16-17-18-19-20-21-22-23-24-26-28-30-32-34-41(47)55-39(37-53-35-33-31-29-27-25-14-12-10-8-6-4-2)38-54-45-43(49)44(57-58(50,51)52)42(48)40(36-46)56-45/h39-40,42-46,48-49H,3-38H2,1-2H3,(H,50,51,52). The quantitative estimate of drug-likeness (QED) is 0.0260. The van der Waals surface area contributed by atoms with Crippen LogP contribution in [0.1, 0.15) is 219 Å². The molecule has 6 unspecified atom stereocenters. The van der Waals surface area contributed by atoms with E-state index in [2.05, 4.69) is 18.0 Å². The molecule has 58 heavy (non-hydrogen) atoms. The Kier molecular flexibility index (Phi) is 35.9. The molecule has 0 spiro atoms. The van der Waals surface area contributed by atoms with E-state index in [0.29, 0.717) is 13.0 Å². The maximum atomic E-state index is 12.9. The fraction of sp³-hybridized carbons (Fsp3) is 0.978. The SMILES string of the molecule is CCCCCCCCCCCCCCCCCCCCCCC(=O)OC(COCCCCCCCCCCCCC)COC1OC(CO)C(O)C(OS(=O)(=O)O)C1O. The molecule has 0 saturated carbocycles. The number of carbonyl (C=O) groups excluding carboxylic acids is 1. The van der Waals surface area contributed by atoms with Gasteiger partial charge in [-0.1, -0.05) is 200 Å². The van der Waals surface area contributed by atoms with Crippen molar-refractivity contribution < 1.29 is 56.2 Å². The van der Waals surface area contributed by atoms with Crippen LogP contribution in [0.4, 0.5) is 0 Å². The Hall–Kier alpha value is -0.900. The monoisotopic (exact) mass is 853 g/mol. The lowest BCUT2D eigenvalue weighted by Gasteiger charge is -2.41. The molecule has 4 N–H and O–H groups in total. The molecule has 1 fully saturated rings. The van der Waals surface area contributed by atoms with Crippen molar-refractivity contribution in [2.75, 3.05) is 26.4 Å². The molecule has 1 aliphatic heterocycles. The molecule has 12 nitrogen and oxygen atoms in total. The largest absolute Gasteiger partial charge is 0.457 e. The van der Waals surface area contributed by atoms with Crippen LogP contribution in [0.25, 0.3) is 0 Å². The van der Waals surface area contributed by atoms with Gasteiger partial charge >= 0.3 is 16.4 Å². The Morgan fingerprint density at radius 1 is 0.586 bits per heavy atom. The highest BCUT2D eigenvalue weighted by atomic mass is 32.3. The molecule has 6 atom stereocenters. The van der Waals surface area contributed by atoms with E-state index >= 15 is 0 Å². The summed E-state index contributed by atoms with van der Waals surface area (Å²) in [5.74, 6) is -0.393. The first kappa shape index (κ1) is 55.1. The number of aliphatic hydroxyl groups is 3. The van der Waals surface area contributed by atoms with Gasteiger partial charge in [-0.05, 0) is 12.8 Å². The minimum Gasteiger partial charge on any atom is -0.457 e. The van der Waals surface area contributed by atoms with Crippen LogP contribution < -0.4 is 0 Å². The van der Waals surface area contributed by atoms with Gasteiger partial charge in [-0.3, -0.25) is 9.35 Å². The Labute approximate surface area is 354 Å². The number of aliphatic hydroxyl groups excluding tert-OH is 3. The highest BCUT2D eigenvalue weighted by Crippen LogP contribution is 2.26. The van der Waals surface area contributed by atoms with Crippen LogP contribution >= 0.6 is 0 Å². The zero-order chi connectivity index (χ0) is 42.5. The summed E-state index contributed by atoms with van der Waals surface area (Å²) >= 11 is 0. The van der Waals surface area contributed by atoms with Crippen molar-refractivity contribution in [2.24, 2.45) is 0 Å². The number of hydrogen-bond acceptors (Lipinski definition) is 11. The average Bonchev–Trinajstić information content (AvgIpc) is 3.19. The zero-order valence-corrected chi connectivity index (χ0v) is 37.7. The Morgan fingerprint density at radius 3 is 1.38 bits per heavy atom. The Morgan fingerprint density at radius 2 is 0.983 bits per heavy atom. The van der Waals surface area contributed by atoms with Gasteiger partial charge in [-0.2, -0.15) is 8.42 Å². The van der Waals surface area contributed by atoms with Crippen molar-refractivity contribution >= 4 is 16.4 Å². The summed E-state index contributed by atoms with van der Waals surface area (Å²) in [6.07, 6.45) is 30.0. The topological polar surface area (TPSA) is 178 Å². The molecule has 1 saturated heterocycles. The van der Waals surface area contributed by atoms with Gasteiger partial charge in [0.15, 0.2) is 6.29 Å². The van der Waals surface area contributed by atoms with Gasteiger partial charge in [0.1, 0.15) is 30.5 Å². The van der Waals surface area contributed by atoms with Crippen molar-refractivity contribution in [1.29, 1.82) is 0 Å². The van der Waals surface area contributed by atoms with Crippen molar-refractivity contribution in [3.8, 4) is 0 Å². The van der Waals surface area contributed by atoms with Crippen LogP contribution in [-0.4, -0.2) is 97.5 Å². The van der Waals surface area contributed by atoms with Crippen molar-refractivity contribution in [1.82, 2.24) is 0 Å². The second-order valence-electron chi connectivity index (χ2n) is 16.7. The molecular formula is C45H88O12S. The summed E-state index contributed by atoms with van der Waals surface area (Å²) in [5.41, 5.74) is 0. The van der Waals surface area contributed by atoms with Crippen LogP contribution in [0.2, 0.25) is 0 Å². The summed E-state index contributed by atoms with van der Waals surface area (Å²) < 4.78 is 59.0. The third-order valence-corrected chi connectivity index (χ3v) is 11.7. The Balaban J connectivity index is 2.35. The van der Waals surface area contributed by atoms with Crippen LogP contribution in [0.3, 0.4) is 0 Å². The lowest BCUT2D eigenvalue weighted by molar-refractivity contribution is -0.301. The van der Waals surface area contributed by atoms with Crippen LogP contribution in [0, 0.1) is 0 Å². The van der Waals surface area contributed by atoms with E-state index in [1.165, 1.54) is 154 Å². The molecule has 0 bridgehead atoms. The smallest absolute Gasteiger partial charge is 0.397 e. The maximum absolute atomic E-state index is 12.9. The van der Waals surface area contributed by atoms with E-state index in [9.17, 15) is 28.5 Å². The second-order valence-corrected chi connectivity index (χ2v) is 17.8. The fourth-order valence-electron chi connectivity index (χ4n) is 7.62. The molecule has 1 aliphatic rings. The van der Waals surface area contributed by atoms with Crippen LogP contribution in [0.15, 0.2) is 0 Å². The molecule has 346 valence electrons. The van der Waals surface area contributed by atoms with E-state index in [-0.39, 0.29) is 19.6 Å². The number of hydrogen-bond donors (Lipinski definition) is 4. The number of esters is 1. The predicted molar refractivity (Wildman–Crippen MR) is 230 cm³/mol. The average molecular weight is 853 g/mol. The second kappa shape index (κ2) is 37.8. The summed E-state index contributed by atoms with van der Waals surface area (Å²) in [6, 6.07) is 0. The first-order chi connectivity index (χ1) is 28.1. The van der Waals surface area contributed by atoms with Gasteiger partial charge in [0.25, 0.3) is 0 Å². The first-order valence-electron chi connectivity index (χ1n) is 23.8. The van der Waals surface area contributed by atoms with Gasteiger partial charge in [-0.25, -0.2) is 4.18 Å². The van der Waals surface area contributed by atoms with Gasteiger partial charge < -0.3 is 34.3 Å². The molecule has 0 aliphatic carbocycles. The van der Waals surface area contributed by atoms with Crippen molar-refractivity contribution in [3.63, 3.8) is 0 Å². The number of carbonyl (C=O) groups is 1. The molecule has 1 heterocycles. The van der Waals surface area contributed by atoms with Gasteiger partial charge in [0.2, 0.25) is 0 Å². The van der Waals surface area contributed by atoms with Crippen LogP contribution in [0.5, 0.6) is 0 Å². The molecule has 1 rings (SSSR count). The van der Waals surface area contributed by atoms with E-state index < -0.39 is 59.8 Å². The van der Waals surface area contributed by atoms with Gasteiger partial charge in [-0.15, -0.1) is 0 Å². The molecule has 13 heteroatoms. The Bertz CT molecular complexity index is 1030. The van der Waals surface area contributed by atoms with Gasteiger partial charge in [0.05, 0.1) is 19.8 Å². The first-order valence-corrected chi connectivity index (χ1v) is 25.2. The lowest BCUT2D eigenvalue weighted by atomic mass is 9.99. The summed E-state index contributed by atoms with van der Waals surface area (Å²) in [7, 11) is -5.05. The van der Waals surface area contributed by atoms with E-state index in [0.717, 1.165) is 38.5 Å². The molecule has 0 aromatic rings. The normalized spacial score (nSPS) is 20.4. The maximum Gasteiger partial charge on any atom is 0.397 e. The third-order valence-electron chi connectivity index (χ3n) is 11.2. The number of unbranched alkanes of at least 4 members (excludes halogenated alkanes) is 29. The summed E-state index contributed by atoms with van der Waals surface area (Å²) in [5, 5.41) is 30.6. The van der Waals surface area contributed by atoms with Crippen molar-refractivity contribution in [3.05, 3.63) is 0 Å². The summed E-state index contributed by atoms with van der Waals surface area (Å²) in [6.45, 7) is 4.03. The van der Waals surface area contributed by atoms with Crippen molar-refractivity contribution in [2.45, 2.75) is 256 Å². The third kappa shape index (κ3) is 31.0. The fourth-order valence-corrected chi connectivity index (χ4v) is 8.12. The summed E-state index contributed by atoms with van der Waals surface area (Å²) in [4.78, 5) is 12.9. The lowest BCUT2D eigenvalue weighted by Crippen LogP contribution is -2.60. The predicted octanol–water partition coefficient (Wildman–Crippen LogP) is 10.1. The highest BCUT2D eigenvalue weighted by molar-refractivity contribution is 7.80. The molecule has 0 aromatic carbocycles. The minimum atomic E-state index is -5.05. The minimum absolute atomic E-state index is 0.0442.